The van der Waals surface area contributed by atoms with Crippen molar-refractivity contribution in [3.63, 3.8) is 0 Å². The largest absolute Gasteiger partial charge is 0.0654 e. The van der Waals surface area contributed by atoms with Crippen LogP contribution < -0.4 is 0 Å². The zero-order chi connectivity index (χ0) is 19.6. The summed E-state index contributed by atoms with van der Waals surface area (Å²) in [4.78, 5) is 0. The van der Waals surface area contributed by atoms with Gasteiger partial charge in [-0.25, -0.2) is 0 Å². The van der Waals surface area contributed by atoms with E-state index in [0.29, 0.717) is 0 Å². The van der Waals surface area contributed by atoms with Crippen molar-refractivity contribution in [2.24, 2.45) is 35.5 Å². The van der Waals surface area contributed by atoms with Crippen LogP contribution in [0, 0.1) is 35.5 Å². The molecule has 3 fully saturated rings. The highest BCUT2D eigenvalue weighted by Crippen LogP contribution is 2.42. The molecule has 0 aliphatic heterocycles. The van der Waals surface area contributed by atoms with Crippen LogP contribution in [0.3, 0.4) is 0 Å². The lowest BCUT2D eigenvalue weighted by atomic mass is 9.70. The van der Waals surface area contributed by atoms with Crippen LogP contribution in [0.1, 0.15) is 142 Å². The molecule has 0 aromatic heterocycles. The highest BCUT2D eigenvalue weighted by atomic mass is 14.3. The van der Waals surface area contributed by atoms with Gasteiger partial charge in [0.15, 0.2) is 0 Å². The quantitative estimate of drug-likeness (QED) is 0.327. The maximum atomic E-state index is 2.36. The first-order valence-electron chi connectivity index (χ1n) is 13.8. The molecule has 0 bridgehead atoms. The summed E-state index contributed by atoms with van der Waals surface area (Å²) in [6.45, 7) is 4.70. The van der Waals surface area contributed by atoms with Crippen molar-refractivity contribution in [3.05, 3.63) is 0 Å². The molecular formula is C28H52. The van der Waals surface area contributed by atoms with Crippen LogP contribution in [-0.4, -0.2) is 0 Å². The molecule has 3 rings (SSSR count). The maximum Gasteiger partial charge on any atom is -0.0411 e. The second-order valence-corrected chi connectivity index (χ2v) is 11.4. The van der Waals surface area contributed by atoms with E-state index < -0.39 is 0 Å². The van der Waals surface area contributed by atoms with Gasteiger partial charge in [0.25, 0.3) is 0 Å². The number of rotatable bonds is 10. The summed E-state index contributed by atoms with van der Waals surface area (Å²) in [5.41, 5.74) is 0. The smallest absolute Gasteiger partial charge is 0.0411 e. The van der Waals surface area contributed by atoms with Crippen LogP contribution in [0.5, 0.6) is 0 Å². The van der Waals surface area contributed by atoms with Crippen molar-refractivity contribution in [2.45, 2.75) is 142 Å². The van der Waals surface area contributed by atoms with E-state index in [1.165, 1.54) is 38.5 Å². The van der Waals surface area contributed by atoms with Gasteiger partial charge in [0.1, 0.15) is 0 Å². The second-order valence-electron chi connectivity index (χ2n) is 11.4. The molecule has 0 aromatic carbocycles. The lowest BCUT2D eigenvalue weighted by Gasteiger charge is -2.36. The van der Waals surface area contributed by atoms with Gasteiger partial charge in [-0.05, 0) is 48.3 Å². The van der Waals surface area contributed by atoms with Crippen molar-refractivity contribution >= 4 is 0 Å². The molecule has 3 saturated carbocycles. The van der Waals surface area contributed by atoms with Crippen molar-refractivity contribution in [2.75, 3.05) is 0 Å². The Balaban J connectivity index is 1.25. The van der Waals surface area contributed by atoms with Crippen LogP contribution >= 0.6 is 0 Å². The Morgan fingerprint density at radius 3 is 1.11 bits per heavy atom. The summed E-state index contributed by atoms with van der Waals surface area (Å²) < 4.78 is 0. The normalized spacial score (nSPS) is 37.1. The molecule has 28 heavy (non-hydrogen) atoms. The molecule has 0 N–H and O–H groups in total. The lowest BCUT2D eigenvalue weighted by Crippen LogP contribution is -2.23. The Kier molecular flexibility index (Phi) is 10.2. The minimum Gasteiger partial charge on any atom is -0.0654 e. The zero-order valence-corrected chi connectivity index (χ0v) is 19.6. The Morgan fingerprint density at radius 2 is 0.750 bits per heavy atom. The van der Waals surface area contributed by atoms with E-state index in [-0.39, 0.29) is 0 Å². The van der Waals surface area contributed by atoms with Gasteiger partial charge in [-0.2, -0.15) is 0 Å². The van der Waals surface area contributed by atoms with Gasteiger partial charge in [0.05, 0.1) is 0 Å². The topological polar surface area (TPSA) is 0 Å². The van der Waals surface area contributed by atoms with E-state index in [0.717, 1.165) is 35.5 Å². The first-order valence-corrected chi connectivity index (χ1v) is 13.8. The third-order valence-corrected chi connectivity index (χ3v) is 9.15. The van der Waals surface area contributed by atoms with Crippen LogP contribution in [0.15, 0.2) is 0 Å². The number of hydrogen-bond donors (Lipinski definition) is 0. The summed E-state index contributed by atoms with van der Waals surface area (Å²) in [5, 5.41) is 0. The van der Waals surface area contributed by atoms with Gasteiger partial charge in [0, 0.05) is 0 Å². The summed E-state index contributed by atoms with van der Waals surface area (Å²) in [6, 6.07) is 0. The molecule has 0 aromatic rings. The molecule has 0 radical (unpaired) electrons. The molecule has 0 unspecified atom stereocenters. The molecular weight excluding hydrogens is 336 g/mol. The molecule has 0 saturated heterocycles. The van der Waals surface area contributed by atoms with Crippen LogP contribution in [-0.2, 0) is 0 Å². The third kappa shape index (κ3) is 7.68. The lowest BCUT2D eigenvalue weighted by molar-refractivity contribution is 0.161. The monoisotopic (exact) mass is 388 g/mol. The van der Waals surface area contributed by atoms with Gasteiger partial charge in [-0.3, -0.25) is 0 Å². The van der Waals surface area contributed by atoms with Crippen molar-refractivity contribution < 1.29 is 0 Å². The molecule has 0 spiro atoms. The molecule has 3 aliphatic carbocycles. The third-order valence-electron chi connectivity index (χ3n) is 9.15. The van der Waals surface area contributed by atoms with E-state index in [9.17, 15) is 0 Å². The SMILES string of the molecule is CCCCCC1CCC(CC2CCC(CC3CCC(CCC)CC3)CC2)CC1. The Morgan fingerprint density at radius 1 is 0.393 bits per heavy atom. The molecule has 0 amide bonds. The highest BCUT2D eigenvalue weighted by Gasteiger charge is 2.29. The van der Waals surface area contributed by atoms with Gasteiger partial charge >= 0.3 is 0 Å². The number of unbranched alkanes of at least 4 members (excludes halogenated alkanes) is 2. The van der Waals surface area contributed by atoms with Crippen molar-refractivity contribution in [1.82, 2.24) is 0 Å². The number of hydrogen-bond acceptors (Lipinski definition) is 0. The Labute approximate surface area is 178 Å². The predicted molar refractivity (Wildman–Crippen MR) is 125 cm³/mol. The molecule has 0 heterocycles. The predicted octanol–water partition coefficient (Wildman–Crippen LogP) is 9.57. The summed E-state index contributed by atoms with van der Waals surface area (Å²) >= 11 is 0. The molecule has 0 atom stereocenters. The minimum atomic E-state index is 1.08. The van der Waals surface area contributed by atoms with Gasteiger partial charge in [0.2, 0.25) is 0 Å². The fourth-order valence-electron chi connectivity index (χ4n) is 7.25. The Hall–Kier alpha value is 0. The van der Waals surface area contributed by atoms with Crippen molar-refractivity contribution in [3.8, 4) is 0 Å². The summed E-state index contributed by atoms with van der Waals surface area (Å²) in [5.74, 6) is 6.55. The standard InChI is InChI=1S/C28H52/c1-3-5-6-8-24-11-15-26(16-12-24)22-28-19-17-27(18-20-28)21-25-13-9-23(7-4-2)10-14-25/h23-28H,3-22H2,1-2H3. The van der Waals surface area contributed by atoms with Crippen LogP contribution in [0.2, 0.25) is 0 Å². The van der Waals surface area contributed by atoms with Gasteiger partial charge < -0.3 is 0 Å². The summed E-state index contributed by atoms with van der Waals surface area (Å²) in [6.07, 6.45) is 30.7. The average Bonchev–Trinajstić information content (AvgIpc) is 2.73. The first-order chi connectivity index (χ1) is 13.8. The van der Waals surface area contributed by atoms with Gasteiger partial charge in [-0.1, -0.05) is 129 Å². The Bertz CT molecular complexity index is 375. The van der Waals surface area contributed by atoms with E-state index >= 15 is 0 Å². The molecule has 3 aliphatic rings. The van der Waals surface area contributed by atoms with E-state index in [1.807, 2.05) is 0 Å². The fourth-order valence-corrected chi connectivity index (χ4v) is 7.25. The van der Waals surface area contributed by atoms with E-state index in [2.05, 4.69) is 13.8 Å². The van der Waals surface area contributed by atoms with Crippen LogP contribution in [0.25, 0.3) is 0 Å². The van der Waals surface area contributed by atoms with Crippen molar-refractivity contribution in [1.29, 1.82) is 0 Å². The second kappa shape index (κ2) is 12.6. The maximum absolute atomic E-state index is 2.36. The molecule has 164 valence electrons. The average molecular weight is 389 g/mol. The molecule has 0 nitrogen and oxygen atoms in total. The molecule has 0 heteroatoms. The minimum absolute atomic E-state index is 1.08. The van der Waals surface area contributed by atoms with E-state index in [1.54, 1.807) is 89.9 Å². The summed E-state index contributed by atoms with van der Waals surface area (Å²) in [7, 11) is 0. The van der Waals surface area contributed by atoms with E-state index in [4.69, 9.17) is 0 Å². The van der Waals surface area contributed by atoms with Crippen LogP contribution in [0.4, 0.5) is 0 Å². The first kappa shape index (κ1) is 22.7. The highest BCUT2D eigenvalue weighted by molar-refractivity contribution is 4.81. The fraction of sp³-hybridized carbons (Fsp3) is 1.00. The zero-order valence-electron chi connectivity index (χ0n) is 19.6. The van der Waals surface area contributed by atoms with Gasteiger partial charge in [-0.15, -0.1) is 0 Å².